The second kappa shape index (κ2) is 9.25. The predicted octanol–water partition coefficient (Wildman–Crippen LogP) is 3.07. The van der Waals surface area contributed by atoms with Crippen molar-refractivity contribution in [2.45, 2.75) is 26.2 Å². The van der Waals surface area contributed by atoms with Crippen molar-refractivity contribution in [3.63, 3.8) is 0 Å². The maximum absolute atomic E-state index is 12.4. The van der Waals surface area contributed by atoms with Gasteiger partial charge in [-0.2, -0.15) is 0 Å². The normalized spacial score (nSPS) is 10.3. The lowest BCUT2D eigenvalue weighted by Gasteiger charge is -2.18. The Labute approximate surface area is 140 Å². The lowest BCUT2D eigenvalue weighted by Crippen LogP contribution is -2.28. The van der Waals surface area contributed by atoms with E-state index in [1.165, 1.54) is 18.1 Å². The van der Waals surface area contributed by atoms with Crippen LogP contribution in [0.15, 0.2) is 12.1 Å². The highest BCUT2D eigenvalue weighted by atomic mass is 35.5. The van der Waals surface area contributed by atoms with Gasteiger partial charge in [-0.05, 0) is 25.0 Å². The summed E-state index contributed by atoms with van der Waals surface area (Å²) in [6, 6.07) is 3.11. The van der Waals surface area contributed by atoms with E-state index in [4.69, 9.17) is 26.2 Å². The number of hydrogen-bond acceptors (Lipinski definition) is 4. The first kappa shape index (κ1) is 19.1. The van der Waals surface area contributed by atoms with Crippen LogP contribution in [0.1, 0.15) is 36.5 Å². The van der Waals surface area contributed by atoms with E-state index >= 15 is 0 Å². The van der Waals surface area contributed by atoms with Crippen LogP contribution in [0.25, 0.3) is 0 Å². The average Bonchev–Trinajstić information content (AvgIpc) is 2.51. The molecule has 0 atom stereocenters. The summed E-state index contributed by atoms with van der Waals surface area (Å²) in [6.07, 6.45) is 1.23. The number of carbonyl (C=O) groups excluding carboxylic acids is 1. The molecule has 1 rings (SSSR count). The van der Waals surface area contributed by atoms with Crippen LogP contribution in [0.4, 0.5) is 0 Å². The van der Waals surface area contributed by atoms with Crippen LogP contribution in [-0.2, 0) is 4.79 Å². The van der Waals surface area contributed by atoms with Crippen molar-refractivity contribution in [2.24, 2.45) is 0 Å². The molecule has 0 saturated carbocycles. The van der Waals surface area contributed by atoms with Gasteiger partial charge >= 0.3 is 5.97 Å². The van der Waals surface area contributed by atoms with Gasteiger partial charge in [-0.1, -0.05) is 18.5 Å². The first-order valence-electron chi connectivity index (χ1n) is 7.38. The minimum Gasteiger partial charge on any atom is -0.493 e. The number of hydrogen-bond donors (Lipinski definition) is 1. The molecular weight excluding hydrogens is 322 g/mol. The summed E-state index contributed by atoms with van der Waals surface area (Å²) in [5.41, 5.74) is 0.369. The van der Waals surface area contributed by atoms with Gasteiger partial charge in [-0.15, -0.1) is 0 Å². The van der Waals surface area contributed by atoms with Crippen LogP contribution < -0.4 is 9.47 Å². The van der Waals surface area contributed by atoms with E-state index in [1.54, 1.807) is 13.1 Å². The molecule has 0 aliphatic carbocycles. The van der Waals surface area contributed by atoms with Gasteiger partial charge in [0.1, 0.15) is 0 Å². The lowest BCUT2D eigenvalue weighted by atomic mass is 10.1. The van der Waals surface area contributed by atoms with Gasteiger partial charge in [0.15, 0.2) is 11.5 Å². The molecule has 0 unspecified atom stereocenters. The zero-order valence-electron chi connectivity index (χ0n) is 13.6. The monoisotopic (exact) mass is 343 g/mol. The zero-order valence-corrected chi connectivity index (χ0v) is 14.4. The maximum Gasteiger partial charge on any atom is 0.303 e. The predicted molar refractivity (Wildman–Crippen MR) is 87.6 cm³/mol. The molecule has 128 valence electrons. The number of halogens is 1. The van der Waals surface area contributed by atoms with Gasteiger partial charge in [0, 0.05) is 25.6 Å². The molecule has 0 radical (unpaired) electrons. The van der Waals surface area contributed by atoms with E-state index < -0.39 is 5.97 Å². The smallest absolute Gasteiger partial charge is 0.303 e. The van der Waals surface area contributed by atoms with Crippen molar-refractivity contribution in [1.82, 2.24) is 4.90 Å². The fourth-order valence-corrected chi connectivity index (χ4v) is 2.24. The molecular formula is C16H22ClNO5. The van der Waals surface area contributed by atoms with Gasteiger partial charge in [-0.25, -0.2) is 0 Å². The molecule has 0 spiro atoms. The molecule has 0 saturated heterocycles. The van der Waals surface area contributed by atoms with Gasteiger partial charge in [0.05, 0.1) is 18.7 Å². The first-order chi connectivity index (χ1) is 10.9. The fourth-order valence-electron chi connectivity index (χ4n) is 1.98. The lowest BCUT2D eigenvalue weighted by molar-refractivity contribution is -0.137. The van der Waals surface area contributed by atoms with Crippen molar-refractivity contribution < 1.29 is 24.2 Å². The van der Waals surface area contributed by atoms with E-state index in [9.17, 15) is 9.59 Å². The average molecular weight is 344 g/mol. The van der Waals surface area contributed by atoms with Crippen LogP contribution >= 0.6 is 11.6 Å². The second-order valence-corrected chi connectivity index (χ2v) is 5.47. The Balaban J connectivity index is 2.88. The third-order valence-electron chi connectivity index (χ3n) is 3.16. The van der Waals surface area contributed by atoms with Crippen LogP contribution in [0.3, 0.4) is 0 Å². The number of nitrogens with zero attached hydrogens (tertiary/aromatic N) is 1. The van der Waals surface area contributed by atoms with E-state index in [-0.39, 0.29) is 12.3 Å². The highest BCUT2D eigenvalue weighted by molar-refractivity contribution is 6.32. The number of carboxylic acid groups (broad SMARTS) is 1. The summed E-state index contributed by atoms with van der Waals surface area (Å²) < 4.78 is 10.8. The van der Waals surface area contributed by atoms with Crippen LogP contribution in [0.2, 0.25) is 5.02 Å². The molecule has 1 N–H and O–H groups in total. The quantitative estimate of drug-likeness (QED) is 0.745. The van der Waals surface area contributed by atoms with Crippen molar-refractivity contribution in [3.8, 4) is 11.5 Å². The van der Waals surface area contributed by atoms with E-state index in [2.05, 4.69) is 0 Å². The molecule has 0 bridgehead atoms. The standard InChI is InChI=1S/C16H22ClNO5/c1-4-8-23-15-12(17)9-11(10-13(15)22-3)16(21)18(2)7-5-6-14(19)20/h9-10H,4-8H2,1-3H3,(H,19,20). The Hall–Kier alpha value is -1.95. The minimum absolute atomic E-state index is 0.0193. The highest BCUT2D eigenvalue weighted by Gasteiger charge is 2.18. The maximum atomic E-state index is 12.4. The molecule has 0 fully saturated rings. The van der Waals surface area contributed by atoms with Crippen LogP contribution in [0, 0.1) is 0 Å². The van der Waals surface area contributed by atoms with Crippen molar-refractivity contribution in [2.75, 3.05) is 27.3 Å². The molecule has 1 amide bonds. The third kappa shape index (κ3) is 5.63. The van der Waals surface area contributed by atoms with E-state index in [0.717, 1.165) is 6.42 Å². The van der Waals surface area contributed by atoms with E-state index in [1.807, 2.05) is 6.92 Å². The van der Waals surface area contributed by atoms with Gasteiger partial charge in [-0.3, -0.25) is 9.59 Å². The number of amides is 1. The molecule has 0 aliphatic heterocycles. The number of ether oxygens (including phenoxy) is 2. The highest BCUT2D eigenvalue weighted by Crippen LogP contribution is 2.36. The Morgan fingerprint density at radius 3 is 2.61 bits per heavy atom. The molecule has 0 heterocycles. The van der Waals surface area contributed by atoms with Crippen molar-refractivity contribution >= 4 is 23.5 Å². The largest absolute Gasteiger partial charge is 0.493 e. The molecule has 1 aromatic carbocycles. The summed E-state index contributed by atoms with van der Waals surface area (Å²) in [5, 5.41) is 8.94. The van der Waals surface area contributed by atoms with Gasteiger partial charge in [0.25, 0.3) is 5.91 Å². The molecule has 0 aliphatic rings. The van der Waals surface area contributed by atoms with Gasteiger partial charge < -0.3 is 19.5 Å². The Bertz CT molecular complexity index is 562. The van der Waals surface area contributed by atoms with E-state index in [0.29, 0.717) is 41.7 Å². The fraction of sp³-hybridized carbons (Fsp3) is 0.500. The summed E-state index contributed by atoms with van der Waals surface area (Å²) in [6.45, 7) is 2.82. The molecule has 1 aromatic rings. The van der Waals surface area contributed by atoms with Crippen molar-refractivity contribution in [1.29, 1.82) is 0 Å². The Morgan fingerprint density at radius 2 is 2.04 bits per heavy atom. The summed E-state index contributed by atoms with van der Waals surface area (Å²) in [5.74, 6) is -0.319. The van der Waals surface area contributed by atoms with Crippen molar-refractivity contribution in [3.05, 3.63) is 22.7 Å². The topological polar surface area (TPSA) is 76.1 Å². The Kier molecular flexibility index (Phi) is 7.68. The minimum atomic E-state index is -0.881. The second-order valence-electron chi connectivity index (χ2n) is 5.06. The third-order valence-corrected chi connectivity index (χ3v) is 3.44. The van der Waals surface area contributed by atoms with Crippen LogP contribution in [0.5, 0.6) is 11.5 Å². The molecule has 6 nitrogen and oxygen atoms in total. The SMILES string of the molecule is CCCOc1c(Cl)cc(C(=O)N(C)CCCC(=O)O)cc1OC. The number of aliphatic carboxylic acids is 1. The number of benzene rings is 1. The summed E-state index contributed by atoms with van der Waals surface area (Å²) in [4.78, 5) is 24.4. The zero-order chi connectivity index (χ0) is 17.4. The molecule has 23 heavy (non-hydrogen) atoms. The van der Waals surface area contributed by atoms with Crippen LogP contribution in [-0.4, -0.2) is 49.2 Å². The number of methoxy groups -OCH3 is 1. The number of carbonyl (C=O) groups is 2. The molecule has 7 heteroatoms. The molecule has 0 aromatic heterocycles. The Morgan fingerprint density at radius 1 is 1.35 bits per heavy atom. The number of rotatable bonds is 9. The summed E-state index contributed by atoms with van der Waals surface area (Å²) >= 11 is 6.19. The number of carboxylic acids is 1. The van der Waals surface area contributed by atoms with Gasteiger partial charge in [0.2, 0.25) is 0 Å². The first-order valence-corrected chi connectivity index (χ1v) is 7.76. The summed E-state index contributed by atoms with van der Waals surface area (Å²) in [7, 11) is 3.10.